The lowest BCUT2D eigenvalue weighted by Crippen LogP contribution is -2.63. The van der Waals surface area contributed by atoms with Gasteiger partial charge in [-0.15, -0.1) is 0 Å². The maximum absolute atomic E-state index is 14.5. The average molecular weight is 723 g/mol. The quantitative estimate of drug-likeness (QED) is 0.269. The van der Waals surface area contributed by atoms with Gasteiger partial charge in [0, 0.05) is 30.1 Å². The number of carbonyl (C=O) groups excluding carboxylic acids is 1. The van der Waals surface area contributed by atoms with Crippen molar-refractivity contribution in [1.29, 1.82) is 0 Å². The highest BCUT2D eigenvalue weighted by Crippen LogP contribution is 2.70. The Bertz CT molecular complexity index is 1310. The highest BCUT2D eigenvalue weighted by Gasteiger charge is 2.72. The standard InChI is InChI=1S/C39H62O12/c1-17-9-12-39(46-16-17)18(2)28-26(51-39)14-25-23-8-7-21-13-22(10-11-37(21,5)24(23)15-27(40)38(25,28)6)49-35-33(45)31(43)34(20(4)48-35)50-36-32(44)30(42)29(41)19(3)47-36/h17-26,28-36,41-45H,7-16H2,1-6H3/t17-,18+,19+,20+,21+,22+,23-,24+,25+,26+,28+,29-,30+,31-,32+,33+,34-,35+,36+,37+,38-,39-/m1/s1. The van der Waals surface area contributed by atoms with Crippen LogP contribution in [0.4, 0.5) is 0 Å². The van der Waals surface area contributed by atoms with Crippen LogP contribution >= 0.6 is 0 Å². The number of rotatable bonds is 4. The normalized spacial score (nSPS) is 60.0. The van der Waals surface area contributed by atoms with Gasteiger partial charge >= 0.3 is 0 Å². The van der Waals surface area contributed by atoms with E-state index in [1.807, 2.05) is 0 Å². The van der Waals surface area contributed by atoms with Crippen molar-refractivity contribution in [2.45, 2.75) is 179 Å². The molecule has 51 heavy (non-hydrogen) atoms. The summed E-state index contributed by atoms with van der Waals surface area (Å²) in [6.07, 6.45) is -3.96. The van der Waals surface area contributed by atoms with E-state index in [0.29, 0.717) is 41.8 Å². The molecule has 8 fully saturated rings. The predicted molar refractivity (Wildman–Crippen MR) is 181 cm³/mol. The van der Waals surface area contributed by atoms with Crippen LogP contribution in [0.5, 0.6) is 0 Å². The van der Waals surface area contributed by atoms with Crippen molar-refractivity contribution in [2.75, 3.05) is 6.61 Å². The third kappa shape index (κ3) is 5.67. The zero-order valence-corrected chi connectivity index (χ0v) is 31.1. The van der Waals surface area contributed by atoms with E-state index >= 15 is 0 Å². The van der Waals surface area contributed by atoms with Gasteiger partial charge in [0.1, 0.15) is 42.4 Å². The third-order valence-electron chi connectivity index (χ3n) is 16.0. The Morgan fingerprint density at radius 1 is 0.745 bits per heavy atom. The lowest BCUT2D eigenvalue weighted by Gasteiger charge is -2.60. The zero-order valence-electron chi connectivity index (χ0n) is 31.1. The molecular weight excluding hydrogens is 660 g/mol. The summed E-state index contributed by atoms with van der Waals surface area (Å²) in [5, 5.41) is 52.9. The molecule has 0 aromatic rings. The van der Waals surface area contributed by atoms with Gasteiger partial charge < -0.3 is 54.0 Å². The number of fused-ring (bicyclic) bond motifs is 7. The average Bonchev–Trinajstić information content (AvgIpc) is 3.55. The molecule has 4 saturated heterocycles. The summed E-state index contributed by atoms with van der Waals surface area (Å²) in [6, 6.07) is 0. The van der Waals surface area contributed by atoms with Gasteiger partial charge in [-0.25, -0.2) is 0 Å². The summed E-state index contributed by atoms with van der Waals surface area (Å²) in [5.41, 5.74) is -0.361. The second-order valence-corrected chi connectivity index (χ2v) is 18.5. The monoisotopic (exact) mass is 722 g/mol. The second kappa shape index (κ2) is 13.2. The van der Waals surface area contributed by atoms with Crippen LogP contribution in [0, 0.1) is 52.3 Å². The van der Waals surface area contributed by atoms with Gasteiger partial charge in [-0.2, -0.15) is 0 Å². The van der Waals surface area contributed by atoms with E-state index < -0.39 is 67.2 Å². The van der Waals surface area contributed by atoms with E-state index in [0.717, 1.165) is 58.0 Å². The van der Waals surface area contributed by atoms with Crippen LogP contribution in [0.25, 0.3) is 0 Å². The first-order valence-electron chi connectivity index (χ1n) is 20.0. The maximum atomic E-state index is 14.5. The van der Waals surface area contributed by atoms with E-state index in [1.165, 1.54) is 0 Å². The van der Waals surface area contributed by atoms with Crippen molar-refractivity contribution in [1.82, 2.24) is 0 Å². The lowest BCUT2D eigenvalue weighted by atomic mass is 9.44. The molecule has 4 heterocycles. The van der Waals surface area contributed by atoms with Crippen molar-refractivity contribution < 1.29 is 58.7 Å². The van der Waals surface area contributed by atoms with Crippen molar-refractivity contribution in [3.63, 3.8) is 0 Å². The molecule has 290 valence electrons. The molecule has 5 N–H and O–H groups in total. The molecule has 12 nitrogen and oxygen atoms in total. The molecule has 4 aliphatic heterocycles. The van der Waals surface area contributed by atoms with Crippen LogP contribution in [-0.4, -0.2) is 117 Å². The molecule has 0 amide bonds. The molecule has 0 radical (unpaired) electrons. The number of aliphatic hydroxyl groups is 5. The Balaban J connectivity index is 0.902. The van der Waals surface area contributed by atoms with Gasteiger partial charge in [0.15, 0.2) is 18.4 Å². The van der Waals surface area contributed by atoms with Crippen molar-refractivity contribution >= 4 is 5.78 Å². The maximum Gasteiger partial charge on any atom is 0.187 e. The zero-order chi connectivity index (χ0) is 36.4. The van der Waals surface area contributed by atoms with E-state index in [1.54, 1.807) is 13.8 Å². The number of carbonyl (C=O) groups is 1. The summed E-state index contributed by atoms with van der Waals surface area (Å²) in [6.45, 7) is 13.2. The Hall–Kier alpha value is -0.770. The van der Waals surface area contributed by atoms with Crippen LogP contribution in [0.3, 0.4) is 0 Å². The SMILES string of the molecule is C[C@@H]1CC[C@@]2(OC1)O[C@H]1C[C@H]3[C@@H]4CC[C@H]5C[C@@H](O[C@@H]6O[C@@H](C)[C@@H](O[C@@H]7O[C@@H](C)[C@@H](O)[C@H](O)[C@@H]7O)[C@H](O)[C@@H]6O)CC[C@]5(C)[C@H]4CC(=O)[C@]3(C)[C@H]1[C@@H]2C. The van der Waals surface area contributed by atoms with Crippen molar-refractivity contribution in [3.8, 4) is 0 Å². The molecule has 0 unspecified atom stereocenters. The molecule has 12 heteroatoms. The topological polar surface area (TPSA) is 174 Å². The van der Waals surface area contributed by atoms with Gasteiger partial charge in [-0.05, 0) is 93.8 Å². The molecule has 4 aliphatic carbocycles. The minimum Gasteiger partial charge on any atom is -0.388 e. The minimum absolute atomic E-state index is 0.0155. The fourth-order valence-electron chi connectivity index (χ4n) is 12.8. The Morgan fingerprint density at radius 3 is 2.18 bits per heavy atom. The summed E-state index contributed by atoms with van der Waals surface area (Å²) in [5.74, 6) is 2.35. The van der Waals surface area contributed by atoms with E-state index in [2.05, 4.69) is 27.7 Å². The van der Waals surface area contributed by atoms with Gasteiger partial charge in [0.2, 0.25) is 0 Å². The molecule has 1 spiro atoms. The number of ether oxygens (including phenoxy) is 6. The number of Topliss-reactive ketones (excluding diaryl/α,β-unsaturated/α-hetero) is 1. The Kier molecular flexibility index (Phi) is 9.60. The first kappa shape index (κ1) is 37.2. The van der Waals surface area contributed by atoms with Crippen LogP contribution < -0.4 is 0 Å². The lowest BCUT2D eigenvalue weighted by molar-refractivity contribution is -0.357. The third-order valence-corrected chi connectivity index (χ3v) is 16.0. The fraction of sp³-hybridized carbons (Fsp3) is 0.974. The molecule has 8 aliphatic rings. The molecule has 0 aromatic carbocycles. The van der Waals surface area contributed by atoms with Crippen molar-refractivity contribution in [3.05, 3.63) is 0 Å². The second-order valence-electron chi connectivity index (χ2n) is 18.5. The van der Waals surface area contributed by atoms with Gasteiger partial charge in [0.05, 0.1) is 31.0 Å². The van der Waals surface area contributed by atoms with Crippen molar-refractivity contribution in [2.24, 2.45) is 52.3 Å². The minimum atomic E-state index is -1.54. The summed E-state index contributed by atoms with van der Waals surface area (Å²) < 4.78 is 37.2. The molecule has 4 saturated carbocycles. The summed E-state index contributed by atoms with van der Waals surface area (Å²) >= 11 is 0. The first-order chi connectivity index (χ1) is 24.1. The molecule has 0 aromatic heterocycles. The molecule has 22 atom stereocenters. The highest BCUT2D eigenvalue weighted by atomic mass is 16.7. The number of hydrogen-bond acceptors (Lipinski definition) is 12. The Morgan fingerprint density at radius 2 is 1.45 bits per heavy atom. The van der Waals surface area contributed by atoms with Crippen LogP contribution in [0.2, 0.25) is 0 Å². The number of ketones is 1. The predicted octanol–water partition coefficient (Wildman–Crippen LogP) is 2.68. The van der Waals surface area contributed by atoms with Gasteiger partial charge in [0.25, 0.3) is 0 Å². The number of hydrogen-bond donors (Lipinski definition) is 5. The Labute approximate surface area is 301 Å². The van der Waals surface area contributed by atoms with Gasteiger partial charge in [-0.3, -0.25) is 4.79 Å². The summed E-state index contributed by atoms with van der Waals surface area (Å²) in [4.78, 5) is 14.5. The van der Waals surface area contributed by atoms with Crippen LogP contribution in [0.15, 0.2) is 0 Å². The van der Waals surface area contributed by atoms with Crippen LogP contribution in [0.1, 0.15) is 99.3 Å². The molecule has 8 rings (SSSR count). The fourth-order valence-corrected chi connectivity index (χ4v) is 12.8. The smallest absolute Gasteiger partial charge is 0.187 e. The first-order valence-corrected chi connectivity index (χ1v) is 20.0. The van der Waals surface area contributed by atoms with Gasteiger partial charge in [-0.1, -0.05) is 27.7 Å². The van der Waals surface area contributed by atoms with E-state index in [4.69, 9.17) is 28.4 Å². The van der Waals surface area contributed by atoms with E-state index in [9.17, 15) is 30.3 Å². The molecule has 0 bridgehead atoms. The largest absolute Gasteiger partial charge is 0.388 e. The molecular formula is C39H62O12. The summed E-state index contributed by atoms with van der Waals surface area (Å²) in [7, 11) is 0. The number of aliphatic hydroxyl groups excluding tert-OH is 5. The highest BCUT2D eigenvalue weighted by molar-refractivity contribution is 5.87. The van der Waals surface area contributed by atoms with Crippen LogP contribution in [-0.2, 0) is 33.2 Å². The van der Waals surface area contributed by atoms with E-state index in [-0.39, 0.29) is 34.9 Å².